The van der Waals surface area contributed by atoms with E-state index in [4.69, 9.17) is 0 Å². The lowest BCUT2D eigenvalue weighted by molar-refractivity contribution is 1.50. The lowest BCUT2D eigenvalue weighted by atomic mass is 9.86. The van der Waals surface area contributed by atoms with Crippen LogP contribution >= 0.6 is 9.90 Å². The molecule has 0 N–H and O–H groups in total. The van der Waals surface area contributed by atoms with Gasteiger partial charge in [0.2, 0.25) is 0 Å². The van der Waals surface area contributed by atoms with E-state index in [0.717, 1.165) is 0 Å². The maximum atomic E-state index is 2.19. The van der Waals surface area contributed by atoms with Crippen molar-refractivity contribution in [3.05, 3.63) is 144 Å². The molecule has 0 aromatic heterocycles. The van der Waals surface area contributed by atoms with Gasteiger partial charge >= 0.3 is 0 Å². The third-order valence-corrected chi connectivity index (χ3v) is 4.50. The molecular formula is C26H23P. The van der Waals surface area contributed by atoms with Crippen molar-refractivity contribution in [2.75, 3.05) is 0 Å². The zero-order valence-electron chi connectivity index (χ0n) is 15.3. The predicted octanol–water partition coefficient (Wildman–Crippen LogP) is 6.75. The molecule has 1 atom stereocenters. The molecule has 0 saturated heterocycles. The largest absolute Gasteiger partial charge is 0.153 e. The van der Waals surface area contributed by atoms with E-state index in [-0.39, 0.29) is 9.90 Å². The van der Waals surface area contributed by atoms with Crippen LogP contribution in [0.1, 0.15) is 22.3 Å². The first kappa shape index (κ1) is 18.8. The molecule has 0 nitrogen and oxygen atoms in total. The van der Waals surface area contributed by atoms with Gasteiger partial charge in [-0.3, -0.25) is 0 Å². The van der Waals surface area contributed by atoms with Crippen LogP contribution in [0.2, 0.25) is 0 Å². The molecule has 1 heteroatoms. The van der Waals surface area contributed by atoms with Crippen molar-refractivity contribution < 1.29 is 0 Å². The summed E-state index contributed by atoms with van der Waals surface area (Å²) in [5, 5.41) is 0. The molecule has 0 spiro atoms. The lowest BCUT2D eigenvalue weighted by Gasteiger charge is -2.18. The van der Waals surface area contributed by atoms with Gasteiger partial charge in [-0.2, -0.15) is 9.90 Å². The highest BCUT2D eigenvalue weighted by molar-refractivity contribution is 6.92. The van der Waals surface area contributed by atoms with E-state index in [9.17, 15) is 0 Å². The molecule has 0 aliphatic heterocycles. The van der Waals surface area contributed by atoms with Gasteiger partial charge in [-0.15, -0.1) is 0 Å². The average Bonchev–Trinajstić information content (AvgIpc) is 2.74. The average molecular weight is 366 g/mol. The standard InChI is InChI=1S/C26H20.H3P/c1-5-13-21(14-6-1)25(22-15-7-2-8-16-22)26(23-17-9-3-10-18-23)24-19-11-4-12-20-24;/h1-20H;1H3. The summed E-state index contributed by atoms with van der Waals surface area (Å²) in [6.07, 6.45) is 0. The van der Waals surface area contributed by atoms with Gasteiger partial charge in [-0.25, -0.2) is 0 Å². The second-order valence-corrected chi connectivity index (χ2v) is 6.21. The van der Waals surface area contributed by atoms with E-state index in [1.165, 1.54) is 33.4 Å². The van der Waals surface area contributed by atoms with E-state index >= 15 is 0 Å². The highest BCUT2D eigenvalue weighted by Gasteiger charge is 2.15. The second-order valence-electron chi connectivity index (χ2n) is 6.21. The number of hydrogen-bond acceptors (Lipinski definition) is 0. The maximum absolute atomic E-state index is 2.19. The van der Waals surface area contributed by atoms with Crippen LogP contribution in [0.4, 0.5) is 0 Å². The molecule has 0 fully saturated rings. The molecule has 27 heavy (non-hydrogen) atoms. The zero-order chi connectivity index (χ0) is 17.6. The Morgan fingerprint density at radius 1 is 0.296 bits per heavy atom. The molecule has 132 valence electrons. The van der Waals surface area contributed by atoms with Gasteiger partial charge < -0.3 is 0 Å². The Morgan fingerprint density at radius 2 is 0.481 bits per heavy atom. The van der Waals surface area contributed by atoms with Gasteiger partial charge in [-0.05, 0) is 33.4 Å². The normalized spacial score (nSPS) is 9.93. The Hall–Kier alpha value is -2.95. The first-order chi connectivity index (χ1) is 12.9. The first-order valence-electron chi connectivity index (χ1n) is 8.89. The Balaban J connectivity index is 0.00000210. The van der Waals surface area contributed by atoms with Gasteiger partial charge in [0, 0.05) is 0 Å². The minimum absolute atomic E-state index is 0. The SMILES string of the molecule is P.c1ccc(C(=C(c2ccccc2)c2ccccc2)c2ccccc2)cc1. The molecule has 4 aromatic rings. The minimum Gasteiger partial charge on any atom is -0.153 e. The van der Waals surface area contributed by atoms with Crippen LogP contribution < -0.4 is 0 Å². The smallest absolute Gasteiger partial charge is 0.00268 e. The monoisotopic (exact) mass is 366 g/mol. The fourth-order valence-electron chi connectivity index (χ4n) is 3.33. The topological polar surface area (TPSA) is 0 Å². The Kier molecular flexibility index (Phi) is 6.36. The van der Waals surface area contributed by atoms with Crippen molar-refractivity contribution >= 4 is 21.0 Å². The van der Waals surface area contributed by atoms with Gasteiger partial charge in [0.15, 0.2) is 0 Å². The van der Waals surface area contributed by atoms with Crippen LogP contribution in [0.15, 0.2) is 121 Å². The molecule has 0 saturated carbocycles. The molecule has 4 aromatic carbocycles. The van der Waals surface area contributed by atoms with Crippen LogP contribution in [0.25, 0.3) is 11.1 Å². The zero-order valence-corrected chi connectivity index (χ0v) is 16.7. The molecule has 1 unspecified atom stereocenters. The first-order valence-corrected chi connectivity index (χ1v) is 8.89. The third kappa shape index (κ3) is 4.25. The summed E-state index contributed by atoms with van der Waals surface area (Å²) in [4.78, 5) is 0. The maximum Gasteiger partial charge on any atom is -0.00268 e. The summed E-state index contributed by atoms with van der Waals surface area (Å²) in [6.45, 7) is 0. The molecule has 0 amide bonds. The van der Waals surface area contributed by atoms with Gasteiger partial charge in [-0.1, -0.05) is 121 Å². The number of benzene rings is 4. The van der Waals surface area contributed by atoms with Crippen LogP contribution in [0.5, 0.6) is 0 Å². The van der Waals surface area contributed by atoms with Crippen LogP contribution in [0.3, 0.4) is 0 Å². The summed E-state index contributed by atoms with van der Waals surface area (Å²) in [5.41, 5.74) is 7.40. The number of hydrogen-bond donors (Lipinski definition) is 0. The second kappa shape index (κ2) is 9.12. The highest BCUT2D eigenvalue weighted by atomic mass is 31.0. The summed E-state index contributed by atoms with van der Waals surface area (Å²) in [6, 6.07) is 42.6. The minimum atomic E-state index is 0. The summed E-state index contributed by atoms with van der Waals surface area (Å²) in [5.74, 6) is 0. The van der Waals surface area contributed by atoms with Crippen LogP contribution in [0, 0.1) is 0 Å². The van der Waals surface area contributed by atoms with Crippen molar-refractivity contribution in [3.8, 4) is 0 Å². The quantitative estimate of drug-likeness (QED) is 0.277. The predicted molar refractivity (Wildman–Crippen MR) is 122 cm³/mol. The third-order valence-electron chi connectivity index (χ3n) is 4.50. The summed E-state index contributed by atoms with van der Waals surface area (Å²) < 4.78 is 0. The molecule has 0 bridgehead atoms. The van der Waals surface area contributed by atoms with E-state index in [1.54, 1.807) is 0 Å². The molecule has 0 aliphatic rings. The van der Waals surface area contributed by atoms with E-state index in [1.807, 2.05) is 0 Å². The molecule has 0 radical (unpaired) electrons. The fraction of sp³-hybridized carbons (Fsp3) is 0. The summed E-state index contributed by atoms with van der Waals surface area (Å²) in [7, 11) is 0. The van der Waals surface area contributed by atoms with Gasteiger partial charge in [0.1, 0.15) is 0 Å². The number of rotatable bonds is 4. The highest BCUT2D eigenvalue weighted by Crippen LogP contribution is 2.36. The van der Waals surface area contributed by atoms with Gasteiger partial charge in [0.25, 0.3) is 0 Å². The van der Waals surface area contributed by atoms with E-state index in [2.05, 4.69) is 121 Å². The van der Waals surface area contributed by atoms with E-state index < -0.39 is 0 Å². The Morgan fingerprint density at radius 3 is 0.667 bits per heavy atom. The molecule has 0 aliphatic carbocycles. The lowest BCUT2D eigenvalue weighted by Crippen LogP contribution is -1.97. The van der Waals surface area contributed by atoms with Crippen LogP contribution in [-0.2, 0) is 0 Å². The van der Waals surface area contributed by atoms with Gasteiger partial charge in [0.05, 0.1) is 0 Å². The fourth-order valence-corrected chi connectivity index (χ4v) is 3.33. The summed E-state index contributed by atoms with van der Waals surface area (Å²) >= 11 is 0. The molecule has 0 heterocycles. The van der Waals surface area contributed by atoms with E-state index in [0.29, 0.717) is 0 Å². The van der Waals surface area contributed by atoms with Crippen molar-refractivity contribution in [1.29, 1.82) is 0 Å². The van der Waals surface area contributed by atoms with Crippen molar-refractivity contribution in [2.45, 2.75) is 0 Å². The molecule has 4 rings (SSSR count). The van der Waals surface area contributed by atoms with Crippen molar-refractivity contribution in [1.82, 2.24) is 0 Å². The molecular weight excluding hydrogens is 343 g/mol. The van der Waals surface area contributed by atoms with Crippen molar-refractivity contribution in [2.24, 2.45) is 0 Å². The Labute approximate surface area is 164 Å². The Bertz CT molecular complexity index is 821. The van der Waals surface area contributed by atoms with Crippen LogP contribution in [-0.4, -0.2) is 0 Å². The van der Waals surface area contributed by atoms with Crippen molar-refractivity contribution in [3.63, 3.8) is 0 Å².